The minimum Gasteiger partial charge on any atom is -0.376 e. The first-order valence-electron chi connectivity index (χ1n) is 10.5. The van der Waals surface area contributed by atoms with E-state index in [-0.39, 0.29) is 17.9 Å². The van der Waals surface area contributed by atoms with Gasteiger partial charge in [0.05, 0.1) is 12.6 Å². The van der Waals surface area contributed by atoms with E-state index < -0.39 is 0 Å². The van der Waals surface area contributed by atoms with Crippen molar-refractivity contribution in [2.24, 2.45) is 4.99 Å². The molecule has 7 nitrogen and oxygen atoms in total. The lowest BCUT2D eigenvalue weighted by atomic mass is 10.1. The first-order chi connectivity index (χ1) is 14.8. The summed E-state index contributed by atoms with van der Waals surface area (Å²) in [5.74, 6) is -0.129. The molecule has 0 unspecified atom stereocenters. The van der Waals surface area contributed by atoms with Crippen molar-refractivity contribution in [1.82, 2.24) is 5.32 Å². The zero-order valence-corrected chi connectivity index (χ0v) is 18.5. The molecule has 0 spiro atoms. The van der Waals surface area contributed by atoms with Crippen LogP contribution < -0.4 is 16.0 Å². The van der Waals surface area contributed by atoms with Gasteiger partial charge in [0, 0.05) is 30.5 Å². The van der Waals surface area contributed by atoms with Crippen LogP contribution in [0.4, 0.5) is 11.4 Å². The van der Waals surface area contributed by atoms with Crippen molar-refractivity contribution < 1.29 is 14.3 Å². The second kappa shape index (κ2) is 10.2. The minimum atomic E-state index is -0.311. The van der Waals surface area contributed by atoms with Crippen LogP contribution in [-0.2, 0) is 9.53 Å². The molecule has 1 aliphatic rings. The van der Waals surface area contributed by atoms with Crippen molar-refractivity contribution in [1.29, 1.82) is 0 Å². The van der Waals surface area contributed by atoms with Gasteiger partial charge < -0.3 is 15.4 Å². The first-order valence-corrected chi connectivity index (χ1v) is 10.5. The molecule has 1 aliphatic heterocycles. The van der Waals surface area contributed by atoms with E-state index in [1.54, 1.807) is 18.2 Å². The van der Waals surface area contributed by atoms with Crippen LogP contribution in [0, 0.1) is 20.8 Å². The number of anilines is 2. The molecular weight excluding hydrogens is 392 g/mol. The van der Waals surface area contributed by atoms with Crippen molar-refractivity contribution in [3.8, 4) is 0 Å². The van der Waals surface area contributed by atoms with E-state index in [1.807, 2.05) is 32.0 Å². The molecule has 1 heterocycles. The Bertz CT molecular complexity index is 994. The van der Waals surface area contributed by atoms with Crippen molar-refractivity contribution in [3.05, 3.63) is 58.7 Å². The average Bonchev–Trinajstić information content (AvgIpc) is 3.24. The fraction of sp³-hybridized carbons (Fsp3) is 0.375. The topological polar surface area (TPSA) is 91.8 Å². The van der Waals surface area contributed by atoms with E-state index in [1.165, 1.54) is 12.5 Å². The molecule has 0 aliphatic carbocycles. The Kier molecular flexibility index (Phi) is 7.41. The lowest BCUT2D eigenvalue weighted by molar-refractivity contribution is -0.114. The molecule has 2 aromatic rings. The van der Waals surface area contributed by atoms with Crippen molar-refractivity contribution in [2.45, 2.75) is 46.6 Å². The van der Waals surface area contributed by atoms with Crippen LogP contribution in [0.15, 0.2) is 41.4 Å². The van der Waals surface area contributed by atoms with Crippen LogP contribution >= 0.6 is 0 Å². The summed E-state index contributed by atoms with van der Waals surface area (Å²) in [4.78, 5) is 29.0. The number of benzene rings is 2. The van der Waals surface area contributed by atoms with Gasteiger partial charge in [0.25, 0.3) is 5.91 Å². The number of carbonyl (C=O) groups excluding carboxylic acids is 2. The minimum absolute atomic E-state index is 0.0687. The number of carbonyl (C=O) groups is 2. The van der Waals surface area contributed by atoms with Gasteiger partial charge in [-0.05, 0) is 74.6 Å². The van der Waals surface area contributed by atoms with Crippen molar-refractivity contribution >= 4 is 29.1 Å². The van der Waals surface area contributed by atoms with E-state index in [2.05, 4.69) is 27.9 Å². The number of nitrogens with zero attached hydrogens (tertiary/aromatic N) is 1. The summed E-state index contributed by atoms with van der Waals surface area (Å²) in [5, 5.41) is 8.85. The number of amides is 2. The maximum absolute atomic E-state index is 12.9. The van der Waals surface area contributed by atoms with Gasteiger partial charge in [0.2, 0.25) is 11.9 Å². The zero-order valence-electron chi connectivity index (χ0n) is 18.5. The molecule has 2 amide bonds. The Morgan fingerprint density at radius 2 is 1.81 bits per heavy atom. The van der Waals surface area contributed by atoms with Crippen LogP contribution in [0.3, 0.4) is 0 Å². The molecule has 3 rings (SSSR count). The molecule has 1 fully saturated rings. The molecule has 164 valence electrons. The zero-order chi connectivity index (χ0) is 22.4. The van der Waals surface area contributed by atoms with Gasteiger partial charge in [-0.3, -0.25) is 14.9 Å². The lowest BCUT2D eigenvalue weighted by Gasteiger charge is -2.15. The summed E-state index contributed by atoms with van der Waals surface area (Å²) in [7, 11) is 0. The summed E-state index contributed by atoms with van der Waals surface area (Å²) < 4.78 is 5.66. The third kappa shape index (κ3) is 6.39. The number of hydrogen-bond acceptors (Lipinski definition) is 4. The second-order valence-electron chi connectivity index (χ2n) is 7.91. The highest BCUT2D eigenvalue weighted by Gasteiger charge is 2.17. The molecule has 0 aromatic heterocycles. The lowest BCUT2D eigenvalue weighted by Crippen LogP contribution is -2.36. The summed E-state index contributed by atoms with van der Waals surface area (Å²) in [5.41, 5.74) is 5.11. The maximum atomic E-state index is 12.9. The Hall–Kier alpha value is -3.19. The first kappa shape index (κ1) is 22.5. The highest BCUT2D eigenvalue weighted by atomic mass is 16.5. The Morgan fingerprint density at radius 1 is 1.03 bits per heavy atom. The number of aryl methyl sites for hydroxylation is 3. The Morgan fingerprint density at radius 3 is 2.48 bits per heavy atom. The van der Waals surface area contributed by atoms with Gasteiger partial charge in [-0.15, -0.1) is 0 Å². The summed E-state index contributed by atoms with van der Waals surface area (Å²) >= 11 is 0. The van der Waals surface area contributed by atoms with Gasteiger partial charge >= 0.3 is 0 Å². The molecule has 1 atom stereocenters. The standard InChI is InChI=1S/C24H30N4O3/c1-15-8-10-20(12-17(15)3)27-24(25-14-21-6-5-11-31-21)28-23(30)19-9-7-16(2)22(13-19)26-18(4)29/h7-10,12-13,21H,5-6,11,14H2,1-4H3,(H,26,29)(H2,25,27,28,30)/t21-/m0/s1. The van der Waals surface area contributed by atoms with Gasteiger partial charge in [0.1, 0.15) is 0 Å². The number of guanidine groups is 1. The molecule has 31 heavy (non-hydrogen) atoms. The molecule has 0 radical (unpaired) electrons. The highest BCUT2D eigenvalue weighted by Crippen LogP contribution is 2.18. The van der Waals surface area contributed by atoms with Gasteiger partial charge in [-0.2, -0.15) is 0 Å². The molecule has 2 aromatic carbocycles. The van der Waals surface area contributed by atoms with Gasteiger partial charge in [-0.1, -0.05) is 12.1 Å². The van der Waals surface area contributed by atoms with Gasteiger partial charge in [0.15, 0.2) is 0 Å². The average molecular weight is 423 g/mol. The van der Waals surface area contributed by atoms with E-state index in [0.29, 0.717) is 23.8 Å². The monoisotopic (exact) mass is 422 g/mol. The van der Waals surface area contributed by atoms with Crippen LogP contribution in [0.25, 0.3) is 0 Å². The van der Waals surface area contributed by atoms with Crippen molar-refractivity contribution in [3.63, 3.8) is 0 Å². The quantitative estimate of drug-likeness (QED) is 0.503. The van der Waals surface area contributed by atoms with Crippen molar-refractivity contribution in [2.75, 3.05) is 23.8 Å². The van der Waals surface area contributed by atoms with Crippen LogP contribution in [-0.4, -0.2) is 37.0 Å². The fourth-order valence-corrected chi connectivity index (χ4v) is 3.31. The van der Waals surface area contributed by atoms with E-state index in [0.717, 1.165) is 36.3 Å². The Labute approximate surface area is 183 Å². The van der Waals surface area contributed by atoms with Crippen LogP contribution in [0.2, 0.25) is 0 Å². The summed E-state index contributed by atoms with van der Waals surface area (Å²) in [6.07, 6.45) is 2.06. The predicted molar refractivity (Wildman–Crippen MR) is 124 cm³/mol. The molecule has 0 saturated carbocycles. The highest BCUT2D eigenvalue weighted by molar-refractivity contribution is 6.10. The second-order valence-corrected chi connectivity index (χ2v) is 7.91. The number of aliphatic imine (C=N–C) groups is 1. The summed E-state index contributed by atoms with van der Waals surface area (Å²) in [6.45, 7) is 8.63. The molecule has 0 bridgehead atoms. The number of rotatable bonds is 5. The maximum Gasteiger partial charge on any atom is 0.258 e. The van der Waals surface area contributed by atoms with Crippen LogP contribution in [0.5, 0.6) is 0 Å². The largest absolute Gasteiger partial charge is 0.376 e. The Balaban J connectivity index is 1.79. The smallest absolute Gasteiger partial charge is 0.258 e. The number of ether oxygens (including phenoxy) is 1. The summed E-state index contributed by atoms with van der Waals surface area (Å²) in [6, 6.07) is 11.2. The molecular formula is C24H30N4O3. The van der Waals surface area contributed by atoms with E-state index >= 15 is 0 Å². The third-order valence-corrected chi connectivity index (χ3v) is 5.29. The molecule has 3 N–H and O–H groups in total. The van der Waals surface area contributed by atoms with E-state index in [9.17, 15) is 9.59 Å². The number of nitrogens with one attached hydrogen (secondary N) is 3. The fourth-order valence-electron chi connectivity index (χ4n) is 3.31. The van der Waals surface area contributed by atoms with E-state index in [4.69, 9.17) is 4.74 Å². The molecule has 1 saturated heterocycles. The SMILES string of the molecule is CC(=O)Nc1cc(C(=O)NC(=NC[C@@H]2CCCO2)Nc2ccc(C)c(C)c2)ccc1C. The normalized spacial score (nSPS) is 16.1. The number of hydrogen-bond donors (Lipinski definition) is 3. The predicted octanol–water partition coefficient (Wildman–Crippen LogP) is 3.95. The molecule has 7 heteroatoms. The van der Waals surface area contributed by atoms with Gasteiger partial charge in [-0.25, -0.2) is 4.99 Å². The van der Waals surface area contributed by atoms with Crippen LogP contribution in [0.1, 0.15) is 46.8 Å². The third-order valence-electron chi connectivity index (χ3n) is 5.29.